The van der Waals surface area contributed by atoms with Gasteiger partial charge >= 0.3 is 6.03 Å². The van der Waals surface area contributed by atoms with Crippen LogP contribution in [-0.4, -0.2) is 11.9 Å². The predicted molar refractivity (Wildman–Crippen MR) is 48.2 cm³/mol. The number of imide groups is 1. The molecule has 0 radical (unpaired) electrons. The summed E-state index contributed by atoms with van der Waals surface area (Å²) in [5.41, 5.74) is 6.18. The summed E-state index contributed by atoms with van der Waals surface area (Å²) in [7, 11) is 0. The fraction of sp³-hybridized carbons (Fsp3) is 0.111. The van der Waals surface area contributed by atoms with E-state index < -0.39 is 11.9 Å². The molecule has 0 saturated heterocycles. The van der Waals surface area contributed by atoms with Gasteiger partial charge < -0.3 is 5.73 Å². The quantitative estimate of drug-likeness (QED) is 0.667. The zero-order chi connectivity index (χ0) is 9.84. The summed E-state index contributed by atoms with van der Waals surface area (Å²) in [5.74, 6) is -0.476. The Labute approximate surface area is 75.7 Å². The van der Waals surface area contributed by atoms with Crippen molar-refractivity contribution in [2.75, 3.05) is 0 Å². The van der Waals surface area contributed by atoms with E-state index in [9.17, 15) is 9.59 Å². The number of hydrogen-bond donors (Lipinski definition) is 2. The lowest BCUT2D eigenvalue weighted by Crippen LogP contribution is -2.34. The van der Waals surface area contributed by atoms with Crippen molar-refractivity contribution >= 4 is 11.9 Å². The van der Waals surface area contributed by atoms with Crippen molar-refractivity contribution in [2.24, 2.45) is 5.73 Å². The highest BCUT2D eigenvalue weighted by Crippen LogP contribution is 2.02. The monoisotopic (exact) mass is 178 g/mol. The first-order valence-electron chi connectivity index (χ1n) is 3.77. The summed E-state index contributed by atoms with van der Waals surface area (Å²) in [6, 6.07) is 6.06. The molecule has 0 aliphatic rings. The fourth-order valence-electron chi connectivity index (χ4n) is 0.970. The lowest BCUT2D eigenvalue weighted by atomic mass is 10.1. The Morgan fingerprint density at radius 3 is 2.62 bits per heavy atom. The molecule has 3 N–H and O–H groups in total. The molecular formula is C9H10N2O2. The largest absolute Gasteiger partial charge is 0.351 e. The number of carbonyl (C=O) groups is 2. The highest BCUT2D eigenvalue weighted by molar-refractivity contribution is 6.03. The van der Waals surface area contributed by atoms with Gasteiger partial charge in [0, 0.05) is 5.56 Å². The molecule has 4 nitrogen and oxygen atoms in total. The zero-order valence-corrected chi connectivity index (χ0v) is 7.20. The van der Waals surface area contributed by atoms with Crippen molar-refractivity contribution in [2.45, 2.75) is 6.92 Å². The molecule has 0 fully saturated rings. The Hall–Kier alpha value is -1.84. The normalized spacial score (nSPS) is 9.31. The number of hydrogen-bond acceptors (Lipinski definition) is 2. The minimum absolute atomic E-state index is 0.429. The summed E-state index contributed by atoms with van der Waals surface area (Å²) in [5, 5.41) is 1.99. The van der Waals surface area contributed by atoms with Crippen LogP contribution >= 0.6 is 0 Å². The number of primary amides is 1. The highest BCUT2D eigenvalue weighted by Gasteiger charge is 2.06. The lowest BCUT2D eigenvalue weighted by Gasteiger charge is -2.00. The Balaban J connectivity index is 2.83. The van der Waals surface area contributed by atoms with Crippen molar-refractivity contribution in [3.63, 3.8) is 0 Å². The molecule has 0 heterocycles. The van der Waals surface area contributed by atoms with E-state index >= 15 is 0 Å². The van der Waals surface area contributed by atoms with Crippen molar-refractivity contribution < 1.29 is 9.59 Å². The van der Waals surface area contributed by atoms with E-state index in [0.717, 1.165) is 5.56 Å². The number of urea groups is 1. The third-order valence-electron chi connectivity index (χ3n) is 1.52. The van der Waals surface area contributed by atoms with Crippen molar-refractivity contribution in [3.8, 4) is 0 Å². The van der Waals surface area contributed by atoms with E-state index in [0.29, 0.717) is 5.56 Å². The standard InChI is InChI=1S/C9H10N2O2/c1-6-3-2-4-7(5-6)8(12)11-9(10)13/h2-5H,1H3,(H3,10,11,12,13). The maximum atomic E-state index is 11.2. The average molecular weight is 178 g/mol. The molecule has 0 spiro atoms. The summed E-state index contributed by atoms with van der Waals surface area (Å²) in [6.07, 6.45) is 0. The second-order valence-corrected chi connectivity index (χ2v) is 2.69. The number of nitrogens with one attached hydrogen (secondary N) is 1. The van der Waals surface area contributed by atoms with Crippen LogP contribution in [0.3, 0.4) is 0 Å². The first-order chi connectivity index (χ1) is 6.09. The van der Waals surface area contributed by atoms with Crippen LogP contribution in [0, 0.1) is 6.92 Å². The second kappa shape index (κ2) is 3.71. The molecule has 0 aliphatic carbocycles. The number of amides is 3. The van der Waals surface area contributed by atoms with Crippen LogP contribution < -0.4 is 11.1 Å². The number of rotatable bonds is 1. The number of carbonyl (C=O) groups excluding carboxylic acids is 2. The third-order valence-corrected chi connectivity index (χ3v) is 1.52. The van der Waals surface area contributed by atoms with Crippen molar-refractivity contribution in [1.29, 1.82) is 0 Å². The van der Waals surface area contributed by atoms with E-state index in [2.05, 4.69) is 0 Å². The molecule has 3 amide bonds. The van der Waals surface area contributed by atoms with E-state index in [-0.39, 0.29) is 0 Å². The van der Waals surface area contributed by atoms with E-state index in [1.54, 1.807) is 18.2 Å². The SMILES string of the molecule is Cc1cccc(C(=O)NC(N)=O)c1. The minimum Gasteiger partial charge on any atom is -0.351 e. The van der Waals surface area contributed by atoms with Gasteiger partial charge in [-0.25, -0.2) is 4.79 Å². The van der Waals surface area contributed by atoms with Gasteiger partial charge in [0.1, 0.15) is 0 Å². The average Bonchev–Trinajstić information content (AvgIpc) is 2.03. The van der Waals surface area contributed by atoms with Gasteiger partial charge in [0.15, 0.2) is 0 Å². The topological polar surface area (TPSA) is 72.2 Å². The van der Waals surface area contributed by atoms with Gasteiger partial charge in [0.2, 0.25) is 0 Å². The van der Waals surface area contributed by atoms with Gasteiger partial charge in [0.05, 0.1) is 0 Å². The summed E-state index contributed by atoms with van der Waals surface area (Å²) < 4.78 is 0. The smallest absolute Gasteiger partial charge is 0.319 e. The Morgan fingerprint density at radius 1 is 1.38 bits per heavy atom. The summed E-state index contributed by atoms with van der Waals surface area (Å²) in [6.45, 7) is 1.86. The van der Waals surface area contributed by atoms with E-state index in [1.807, 2.05) is 18.3 Å². The van der Waals surface area contributed by atoms with Gasteiger partial charge in [-0.3, -0.25) is 10.1 Å². The van der Waals surface area contributed by atoms with Crippen molar-refractivity contribution in [1.82, 2.24) is 5.32 Å². The molecule has 1 aromatic rings. The molecule has 13 heavy (non-hydrogen) atoms. The molecule has 0 bridgehead atoms. The van der Waals surface area contributed by atoms with Crippen LogP contribution in [0.25, 0.3) is 0 Å². The van der Waals surface area contributed by atoms with Crippen LogP contribution in [0.2, 0.25) is 0 Å². The lowest BCUT2D eigenvalue weighted by molar-refractivity contribution is 0.0966. The molecular weight excluding hydrogens is 168 g/mol. The molecule has 68 valence electrons. The van der Waals surface area contributed by atoms with Crippen LogP contribution in [0.1, 0.15) is 15.9 Å². The zero-order valence-electron chi connectivity index (χ0n) is 7.20. The molecule has 0 aromatic heterocycles. The summed E-state index contributed by atoms with van der Waals surface area (Å²) >= 11 is 0. The maximum Gasteiger partial charge on any atom is 0.319 e. The Morgan fingerprint density at radius 2 is 2.08 bits per heavy atom. The van der Waals surface area contributed by atoms with Gasteiger partial charge in [-0.15, -0.1) is 0 Å². The molecule has 0 saturated carbocycles. The molecule has 0 aliphatic heterocycles. The van der Waals surface area contributed by atoms with Gasteiger partial charge in [0.25, 0.3) is 5.91 Å². The van der Waals surface area contributed by atoms with Gasteiger partial charge in [-0.2, -0.15) is 0 Å². The third kappa shape index (κ3) is 2.59. The van der Waals surface area contributed by atoms with Gasteiger partial charge in [-0.1, -0.05) is 17.7 Å². The highest BCUT2D eigenvalue weighted by atomic mass is 16.2. The first kappa shape index (κ1) is 9.25. The first-order valence-corrected chi connectivity index (χ1v) is 3.77. The molecule has 0 atom stereocenters. The fourth-order valence-corrected chi connectivity index (χ4v) is 0.970. The van der Waals surface area contributed by atoms with Crippen LogP contribution in [0.15, 0.2) is 24.3 Å². The van der Waals surface area contributed by atoms with Crippen LogP contribution in [0.5, 0.6) is 0 Å². The van der Waals surface area contributed by atoms with Crippen molar-refractivity contribution in [3.05, 3.63) is 35.4 Å². The Bertz CT molecular complexity index is 347. The minimum atomic E-state index is -0.841. The maximum absolute atomic E-state index is 11.2. The number of nitrogens with two attached hydrogens (primary N) is 1. The molecule has 0 unspecified atom stereocenters. The van der Waals surface area contributed by atoms with E-state index in [1.165, 1.54) is 0 Å². The van der Waals surface area contributed by atoms with E-state index in [4.69, 9.17) is 5.73 Å². The summed E-state index contributed by atoms with van der Waals surface area (Å²) in [4.78, 5) is 21.6. The molecule has 1 rings (SSSR count). The van der Waals surface area contributed by atoms with Gasteiger partial charge in [-0.05, 0) is 19.1 Å². The predicted octanol–water partition coefficient (Wildman–Crippen LogP) is 0.804. The van der Waals surface area contributed by atoms with Crippen LogP contribution in [-0.2, 0) is 0 Å². The molecule has 1 aromatic carbocycles. The molecule has 4 heteroatoms. The van der Waals surface area contributed by atoms with Crippen LogP contribution in [0.4, 0.5) is 4.79 Å². The Kier molecular flexibility index (Phi) is 2.64. The number of aryl methyl sites for hydroxylation is 1. The second-order valence-electron chi connectivity index (χ2n) is 2.69. The number of benzene rings is 1.